The van der Waals surface area contributed by atoms with E-state index >= 15 is 0 Å². The van der Waals surface area contributed by atoms with Crippen LogP contribution in [0.25, 0.3) is 0 Å². The van der Waals surface area contributed by atoms with Crippen molar-refractivity contribution in [3.05, 3.63) is 29.3 Å². The van der Waals surface area contributed by atoms with Gasteiger partial charge in [0.1, 0.15) is 0 Å². The number of hydrazine groups is 1. The average molecular weight is 401 g/mol. The standard InChI is InChI=1S/C23H36N4O2/c1-5-23-14-18-16(11-9-13-24-18)17-10-8-12-19(21(17)23)27(20(23)15-29-4)25-22(28)26(6-2)7-3/h8,10,12,16,18,20,24H,5-7,9,11,13-15H2,1-4H3,(H,25,28)/t16-,18-,20?,23?/m1/s1. The zero-order valence-corrected chi connectivity index (χ0v) is 18.3. The average Bonchev–Trinajstić information content (AvgIpc) is 3.00. The molecule has 1 saturated heterocycles. The predicted octanol–water partition coefficient (Wildman–Crippen LogP) is 3.38. The van der Waals surface area contributed by atoms with Gasteiger partial charge in [0.15, 0.2) is 0 Å². The number of benzene rings is 1. The molecule has 4 rings (SSSR count). The van der Waals surface area contributed by atoms with Crippen molar-refractivity contribution in [3.8, 4) is 0 Å². The molecule has 3 aliphatic rings. The molecule has 160 valence electrons. The Hall–Kier alpha value is -1.79. The second kappa shape index (κ2) is 8.15. The van der Waals surface area contributed by atoms with Crippen LogP contribution in [0.3, 0.4) is 0 Å². The number of fused-ring (bicyclic) bond motifs is 2. The number of carbonyl (C=O) groups excluding carboxylic acids is 1. The second-order valence-corrected chi connectivity index (χ2v) is 8.69. The van der Waals surface area contributed by atoms with Crippen LogP contribution >= 0.6 is 0 Å². The minimum absolute atomic E-state index is 0.00994. The first kappa shape index (κ1) is 20.5. The van der Waals surface area contributed by atoms with E-state index in [2.05, 4.69) is 40.9 Å². The summed E-state index contributed by atoms with van der Waals surface area (Å²) in [5.41, 5.74) is 7.34. The third-order valence-corrected chi connectivity index (χ3v) is 7.57. The van der Waals surface area contributed by atoms with Gasteiger partial charge in [-0.2, -0.15) is 0 Å². The van der Waals surface area contributed by atoms with Gasteiger partial charge in [-0.3, -0.25) is 5.01 Å². The van der Waals surface area contributed by atoms with Crippen molar-refractivity contribution in [2.24, 2.45) is 0 Å². The van der Waals surface area contributed by atoms with Gasteiger partial charge in [0.2, 0.25) is 0 Å². The quantitative estimate of drug-likeness (QED) is 0.769. The van der Waals surface area contributed by atoms with Crippen LogP contribution in [0, 0.1) is 0 Å². The molecule has 0 saturated carbocycles. The Balaban J connectivity index is 1.80. The molecule has 1 aliphatic carbocycles. The Morgan fingerprint density at radius 3 is 2.83 bits per heavy atom. The van der Waals surface area contributed by atoms with Gasteiger partial charge < -0.3 is 15.0 Å². The molecule has 2 amide bonds. The molecule has 1 aromatic rings. The maximum absolute atomic E-state index is 13.0. The third kappa shape index (κ3) is 3.12. The smallest absolute Gasteiger partial charge is 0.336 e. The van der Waals surface area contributed by atoms with E-state index in [1.165, 1.54) is 24.0 Å². The first-order valence-corrected chi connectivity index (χ1v) is 11.3. The van der Waals surface area contributed by atoms with Gasteiger partial charge in [-0.05, 0) is 69.2 Å². The van der Waals surface area contributed by atoms with Crippen LogP contribution in [0.2, 0.25) is 0 Å². The topological polar surface area (TPSA) is 56.8 Å². The third-order valence-electron chi connectivity index (χ3n) is 7.57. The van der Waals surface area contributed by atoms with Crippen molar-refractivity contribution in [2.45, 2.75) is 69.9 Å². The Labute approximate surface area is 174 Å². The summed E-state index contributed by atoms with van der Waals surface area (Å²) in [6, 6.07) is 7.23. The number of piperidine rings is 1. The summed E-state index contributed by atoms with van der Waals surface area (Å²) in [5.74, 6) is 0.569. The minimum atomic E-state index is -0.0332. The number of urea groups is 1. The number of rotatable bonds is 6. The van der Waals surface area contributed by atoms with Gasteiger partial charge in [-0.1, -0.05) is 19.1 Å². The van der Waals surface area contributed by atoms with E-state index in [9.17, 15) is 4.79 Å². The fourth-order valence-electron chi connectivity index (χ4n) is 6.13. The van der Waals surface area contributed by atoms with E-state index in [1.54, 1.807) is 7.11 Å². The van der Waals surface area contributed by atoms with Gasteiger partial charge in [-0.15, -0.1) is 0 Å². The highest BCUT2D eigenvalue weighted by atomic mass is 16.5. The molecule has 2 N–H and O–H groups in total. The van der Waals surface area contributed by atoms with Gasteiger partial charge in [0.05, 0.1) is 18.3 Å². The molecule has 2 aliphatic heterocycles. The van der Waals surface area contributed by atoms with Crippen LogP contribution < -0.4 is 15.8 Å². The molecule has 4 atom stereocenters. The van der Waals surface area contributed by atoms with E-state index < -0.39 is 0 Å². The summed E-state index contributed by atoms with van der Waals surface area (Å²) >= 11 is 0. The van der Waals surface area contributed by atoms with Crippen LogP contribution in [0.1, 0.15) is 63.5 Å². The van der Waals surface area contributed by atoms with Crippen molar-refractivity contribution in [3.63, 3.8) is 0 Å². The predicted molar refractivity (Wildman–Crippen MR) is 116 cm³/mol. The number of anilines is 1. The Kier molecular flexibility index (Phi) is 5.76. The molecule has 6 nitrogen and oxygen atoms in total. The highest BCUT2D eigenvalue weighted by Crippen LogP contribution is 2.57. The largest absolute Gasteiger partial charge is 0.382 e. The maximum atomic E-state index is 13.0. The number of hydrogen-bond donors (Lipinski definition) is 2. The zero-order valence-electron chi connectivity index (χ0n) is 18.3. The lowest BCUT2D eigenvalue weighted by molar-refractivity contribution is 0.117. The fraction of sp³-hybridized carbons (Fsp3) is 0.696. The van der Waals surface area contributed by atoms with Gasteiger partial charge >= 0.3 is 6.03 Å². The lowest BCUT2D eigenvalue weighted by atomic mass is 9.60. The first-order chi connectivity index (χ1) is 14.1. The lowest BCUT2D eigenvalue weighted by Gasteiger charge is -2.48. The molecule has 0 spiro atoms. The number of amides is 2. The molecule has 6 heteroatoms. The summed E-state index contributed by atoms with van der Waals surface area (Å²) in [5, 5.41) is 5.94. The highest BCUT2D eigenvalue weighted by Gasteiger charge is 2.56. The van der Waals surface area contributed by atoms with Crippen molar-refractivity contribution in [1.82, 2.24) is 15.6 Å². The molecule has 29 heavy (non-hydrogen) atoms. The van der Waals surface area contributed by atoms with Gasteiger partial charge in [-0.25, -0.2) is 10.2 Å². The zero-order chi connectivity index (χ0) is 20.6. The molecule has 0 aromatic heterocycles. The van der Waals surface area contributed by atoms with Crippen LogP contribution in [0.5, 0.6) is 0 Å². The molecule has 2 unspecified atom stereocenters. The molecule has 2 heterocycles. The Bertz CT molecular complexity index is 750. The minimum Gasteiger partial charge on any atom is -0.382 e. The first-order valence-electron chi connectivity index (χ1n) is 11.3. The fourth-order valence-corrected chi connectivity index (χ4v) is 6.13. The second-order valence-electron chi connectivity index (χ2n) is 8.69. The van der Waals surface area contributed by atoms with E-state index in [0.717, 1.165) is 25.1 Å². The number of hydrogen-bond acceptors (Lipinski definition) is 4. The Morgan fingerprint density at radius 2 is 2.14 bits per heavy atom. The van der Waals surface area contributed by atoms with Crippen molar-refractivity contribution >= 4 is 11.7 Å². The maximum Gasteiger partial charge on any atom is 0.336 e. The van der Waals surface area contributed by atoms with Crippen LogP contribution in [0.4, 0.5) is 10.5 Å². The van der Waals surface area contributed by atoms with E-state index in [0.29, 0.717) is 31.7 Å². The summed E-state index contributed by atoms with van der Waals surface area (Å²) in [6.45, 7) is 9.43. The van der Waals surface area contributed by atoms with Crippen LogP contribution in [-0.4, -0.2) is 56.4 Å². The van der Waals surface area contributed by atoms with Crippen molar-refractivity contribution in [2.75, 3.05) is 38.4 Å². The van der Waals surface area contributed by atoms with E-state index in [1.807, 2.05) is 18.7 Å². The number of nitrogens with one attached hydrogen (secondary N) is 2. The van der Waals surface area contributed by atoms with Gasteiger partial charge in [0, 0.05) is 31.7 Å². The monoisotopic (exact) mass is 400 g/mol. The number of nitrogens with zero attached hydrogens (tertiary/aromatic N) is 2. The van der Waals surface area contributed by atoms with Crippen molar-refractivity contribution < 1.29 is 9.53 Å². The summed E-state index contributed by atoms with van der Waals surface area (Å²) in [6.07, 6.45) is 4.61. The highest BCUT2D eigenvalue weighted by molar-refractivity contribution is 5.79. The normalized spacial score (nSPS) is 29.9. The molecule has 0 bridgehead atoms. The molecule has 1 fully saturated rings. The number of methoxy groups -OCH3 is 1. The molecule has 1 aromatic carbocycles. The van der Waals surface area contributed by atoms with E-state index in [4.69, 9.17) is 4.74 Å². The van der Waals surface area contributed by atoms with Crippen LogP contribution in [-0.2, 0) is 10.2 Å². The number of ether oxygens (including phenoxy) is 1. The molecular weight excluding hydrogens is 364 g/mol. The molecule has 0 radical (unpaired) electrons. The summed E-state index contributed by atoms with van der Waals surface area (Å²) < 4.78 is 5.71. The van der Waals surface area contributed by atoms with Crippen molar-refractivity contribution in [1.29, 1.82) is 0 Å². The SMILES string of the molecule is CCN(CC)C(=O)NN1c2cccc3c2C(CC)(C[C@H]2NCCC[C@H]32)C1COC. The number of carbonyl (C=O) groups is 1. The van der Waals surface area contributed by atoms with E-state index in [-0.39, 0.29) is 17.5 Å². The van der Waals surface area contributed by atoms with Crippen LogP contribution in [0.15, 0.2) is 18.2 Å². The summed E-state index contributed by atoms with van der Waals surface area (Å²) in [7, 11) is 1.77. The van der Waals surface area contributed by atoms with Gasteiger partial charge in [0.25, 0.3) is 0 Å². The molecular formula is C23H36N4O2. The summed E-state index contributed by atoms with van der Waals surface area (Å²) in [4.78, 5) is 14.8. The lowest BCUT2D eigenvalue weighted by Crippen LogP contribution is -2.59. The Morgan fingerprint density at radius 1 is 1.34 bits per heavy atom.